The second-order valence-electron chi connectivity index (χ2n) is 13.5. The van der Waals surface area contributed by atoms with Gasteiger partial charge in [-0.15, -0.1) is 13.2 Å². The Hall–Kier alpha value is -2.76. The molecule has 0 bridgehead atoms. The maximum Gasteiger partial charge on any atom is 0.573 e. The summed E-state index contributed by atoms with van der Waals surface area (Å²) in [5, 5.41) is 10.8. The summed E-state index contributed by atoms with van der Waals surface area (Å²) in [4.78, 5) is 15.4. The van der Waals surface area contributed by atoms with E-state index in [4.69, 9.17) is 13.9 Å². The molecule has 0 aromatic heterocycles. The van der Waals surface area contributed by atoms with E-state index in [9.17, 15) is 23.1 Å². The van der Waals surface area contributed by atoms with E-state index in [0.717, 1.165) is 18.4 Å². The third kappa shape index (κ3) is 9.12. The number of aliphatic hydroxyl groups excluding tert-OH is 1. The lowest BCUT2D eigenvalue weighted by Crippen LogP contribution is -2.58. The molecule has 1 amide bonds. The molecule has 0 spiro atoms. The van der Waals surface area contributed by atoms with Crippen molar-refractivity contribution in [2.24, 2.45) is 0 Å². The van der Waals surface area contributed by atoms with Gasteiger partial charge in [0.25, 0.3) is 0 Å². The van der Waals surface area contributed by atoms with Crippen molar-refractivity contribution in [2.75, 3.05) is 13.2 Å². The molecule has 0 radical (unpaired) electrons. The molecular formula is C32H44F3NO6Si. The van der Waals surface area contributed by atoms with E-state index in [0.29, 0.717) is 30.7 Å². The first kappa shape index (κ1) is 33.1. The van der Waals surface area contributed by atoms with Gasteiger partial charge in [-0.1, -0.05) is 30.3 Å². The zero-order valence-electron chi connectivity index (χ0n) is 25.9. The normalized spacial score (nSPS) is 22.2. The number of alkyl halides is 3. The molecule has 2 fully saturated rings. The summed E-state index contributed by atoms with van der Waals surface area (Å²) in [6, 6.07) is 13.0. The van der Waals surface area contributed by atoms with Crippen LogP contribution in [-0.2, 0) is 9.16 Å². The molecule has 1 saturated heterocycles. The maximum absolute atomic E-state index is 13.7. The van der Waals surface area contributed by atoms with E-state index in [1.54, 1.807) is 4.90 Å². The first-order valence-electron chi connectivity index (χ1n) is 14.9. The van der Waals surface area contributed by atoms with Crippen LogP contribution in [0.4, 0.5) is 18.0 Å². The Balaban J connectivity index is 1.83. The average Bonchev–Trinajstić information content (AvgIpc) is 3.70. The molecule has 1 N–H and O–H groups in total. The molecule has 43 heavy (non-hydrogen) atoms. The third-order valence-corrected chi connectivity index (χ3v) is 8.37. The molecule has 2 aromatic carbocycles. The summed E-state index contributed by atoms with van der Waals surface area (Å²) in [7, 11) is -2.32. The highest BCUT2D eigenvalue weighted by molar-refractivity contribution is 6.69. The Morgan fingerprint density at radius 3 is 2.33 bits per heavy atom. The Morgan fingerprint density at radius 1 is 1.09 bits per heavy atom. The van der Waals surface area contributed by atoms with Crippen LogP contribution < -0.4 is 9.47 Å². The lowest BCUT2D eigenvalue weighted by molar-refractivity contribution is -0.274. The van der Waals surface area contributed by atoms with Crippen LogP contribution in [0.5, 0.6) is 11.5 Å². The van der Waals surface area contributed by atoms with Gasteiger partial charge in [0.05, 0.1) is 24.4 Å². The first-order chi connectivity index (χ1) is 20.0. The van der Waals surface area contributed by atoms with Gasteiger partial charge in [-0.25, -0.2) is 4.79 Å². The number of carbonyl (C=O) groups excluding carboxylic acids is 1. The Labute approximate surface area is 253 Å². The number of aliphatic hydroxyl groups is 1. The van der Waals surface area contributed by atoms with Gasteiger partial charge in [-0.05, 0) is 96.3 Å². The van der Waals surface area contributed by atoms with E-state index in [1.165, 1.54) is 18.2 Å². The molecule has 2 aliphatic rings. The number of hydrogen-bond donors (Lipinski definition) is 1. The fourth-order valence-electron chi connectivity index (χ4n) is 5.91. The first-order valence-corrected chi connectivity index (χ1v) is 18.3. The SMILES string of the molecule is CC(C)(C)OC(=O)N1CCC[C@@](C[C@H](CO)c2cc(OC(F)(F)F)ccc2OC2CC2)(O[Si](C)(C)C)[C@H]1c1ccccc1. The summed E-state index contributed by atoms with van der Waals surface area (Å²) in [5.74, 6) is -0.648. The zero-order chi connectivity index (χ0) is 31.6. The Bertz CT molecular complexity index is 1240. The number of hydrogen-bond acceptors (Lipinski definition) is 6. The van der Waals surface area contributed by atoms with Crippen LogP contribution in [0.3, 0.4) is 0 Å². The quantitative estimate of drug-likeness (QED) is 0.271. The average molecular weight is 624 g/mol. The summed E-state index contributed by atoms with van der Waals surface area (Å²) >= 11 is 0. The number of likely N-dealkylation sites (tertiary alicyclic amines) is 1. The summed E-state index contributed by atoms with van der Waals surface area (Å²) in [6.07, 6.45) is -2.23. The Morgan fingerprint density at radius 2 is 1.77 bits per heavy atom. The molecule has 238 valence electrons. The topological polar surface area (TPSA) is 77.5 Å². The van der Waals surface area contributed by atoms with Gasteiger partial charge in [-0.3, -0.25) is 4.90 Å². The number of nitrogens with zero attached hydrogens (tertiary/aromatic N) is 1. The fraction of sp³-hybridized carbons (Fsp3) is 0.594. The zero-order valence-corrected chi connectivity index (χ0v) is 26.9. The molecule has 4 rings (SSSR count). The second-order valence-corrected chi connectivity index (χ2v) is 17.9. The van der Waals surface area contributed by atoms with Crippen molar-refractivity contribution >= 4 is 14.4 Å². The lowest BCUT2D eigenvalue weighted by Gasteiger charge is -2.53. The molecular weight excluding hydrogens is 579 g/mol. The number of amides is 1. The standard InChI is InChI=1S/C32H44F3NO6Si/c1-30(2,3)41-29(38)36-18-10-17-31(42-43(4,5)6,28(36)22-11-8-7-9-12-22)20-23(21-37)26-19-25(40-32(33,34)35)15-16-27(26)39-24-13-14-24/h7-9,11-12,15-16,19,23-24,28,37H,10,13-14,17-18,20-21H2,1-6H3/t23-,28-,31+/m1/s1. The number of carbonyl (C=O) groups is 1. The highest BCUT2D eigenvalue weighted by Crippen LogP contribution is 2.50. The Kier molecular flexibility index (Phi) is 9.78. The van der Waals surface area contributed by atoms with Crippen molar-refractivity contribution in [3.8, 4) is 11.5 Å². The van der Waals surface area contributed by atoms with Crippen molar-refractivity contribution in [1.29, 1.82) is 0 Å². The summed E-state index contributed by atoms with van der Waals surface area (Å²) < 4.78 is 62.9. The van der Waals surface area contributed by atoms with Crippen molar-refractivity contribution in [1.82, 2.24) is 4.90 Å². The predicted molar refractivity (Wildman–Crippen MR) is 160 cm³/mol. The van der Waals surface area contributed by atoms with Crippen molar-refractivity contribution < 1.29 is 41.7 Å². The van der Waals surface area contributed by atoms with Crippen molar-refractivity contribution in [2.45, 2.75) is 108 Å². The predicted octanol–water partition coefficient (Wildman–Crippen LogP) is 7.95. The van der Waals surface area contributed by atoms with E-state index in [1.807, 2.05) is 51.1 Å². The molecule has 1 heterocycles. The van der Waals surface area contributed by atoms with Crippen molar-refractivity contribution in [3.63, 3.8) is 0 Å². The number of rotatable bonds is 10. The minimum atomic E-state index is -4.87. The van der Waals surface area contributed by atoms with Gasteiger partial charge in [0, 0.05) is 18.0 Å². The third-order valence-electron chi connectivity index (χ3n) is 7.35. The molecule has 0 unspecified atom stereocenters. The van der Waals surface area contributed by atoms with E-state index < -0.39 is 43.9 Å². The van der Waals surface area contributed by atoms with Crippen LogP contribution in [-0.4, -0.2) is 61.2 Å². The van der Waals surface area contributed by atoms with Gasteiger partial charge in [-0.2, -0.15) is 0 Å². The van der Waals surface area contributed by atoms with Crippen LogP contribution in [0.2, 0.25) is 19.6 Å². The summed E-state index contributed by atoms with van der Waals surface area (Å²) in [6.45, 7) is 11.7. The van der Waals surface area contributed by atoms with E-state index >= 15 is 0 Å². The van der Waals surface area contributed by atoms with Gasteiger partial charge in [0.2, 0.25) is 0 Å². The van der Waals surface area contributed by atoms with Crippen LogP contribution >= 0.6 is 0 Å². The van der Waals surface area contributed by atoms with Crippen LogP contribution in [0, 0.1) is 0 Å². The number of piperidine rings is 1. The molecule has 1 aliphatic carbocycles. The van der Waals surface area contributed by atoms with Crippen molar-refractivity contribution in [3.05, 3.63) is 59.7 Å². The molecule has 1 aliphatic heterocycles. The highest BCUT2D eigenvalue weighted by atomic mass is 28.4. The highest BCUT2D eigenvalue weighted by Gasteiger charge is 2.52. The molecule has 7 nitrogen and oxygen atoms in total. The van der Waals surface area contributed by atoms with Gasteiger partial charge < -0.3 is 23.7 Å². The maximum atomic E-state index is 13.7. The summed E-state index contributed by atoms with van der Waals surface area (Å²) in [5.41, 5.74) is -0.436. The molecule has 11 heteroatoms. The van der Waals surface area contributed by atoms with E-state index in [2.05, 4.69) is 24.4 Å². The van der Waals surface area contributed by atoms with Crippen LogP contribution in [0.25, 0.3) is 0 Å². The van der Waals surface area contributed by atoms with Crippen LogP contribution in [0.1, 0.15) is 76.0 Å². The molecule has 2 aromatic rings. The fourth-order valence-corrected chi connectivity index (χ4v) is 7.43. The number of ether oxygens (including phenoxy) is 3. The molecule has 3 atom stereocenters. The van der Waals surface area contributed by atoms with Gasteiger partial charge in [0.1, 0.15) is 17.1 Å². The smallest absolute Gasteiger partial charge is 0.490 e. The largest absolute Gasteiger partial charge is 0.573 e. The minimum Gasteiger partial charge on any atom is -0.490 e. The van der Waals surface area contributed by atoms with Gasteiger partial charge in [0.15, 0.2) is 8.32 Å². The molecule has 1 saturated carbocycles. The van der Waals surface area contributed by atoms with E-state index in [-0.39, 0.29) is 24.9 Å². The minimum absolute atomic E-state index is 0.0194. The van der Waals surface area contributed by atoms with Crippen LogP contribution in [0.15, 0.2) is 48.5 Å². The second kappa shape index (κ2) is 12.7. The lowest BCUT2D eigenvalue weighted by atomic mass is 9.74. The number of halogens is 3. The number of benzene rings is 2. The van der Waals surface area contributed by atoms with Gasteiger partial charge >= 0.3 is 12.5 Å². The monoisotopic (exact) mass is 623 g/mol.